The summed E-state index contributed by atoms with van der Waals surface area (Å²) < 4.78 is 31.2. The summed E-state index contributed by atoms with van der Waals surface area (Å²) in [4.78, 5) is 11.9. The fourth-order valence-corrected chi connectivity index (χ4v) is 6.14. The van der Waals surface area contributed by atoms with Crippen molar-refractivity contribution in [3.63, 3.8) is 0 Å². The fraction of sp³-hybridized carbons (Fsp3) is 0.909. The third-order valence-corrected chi connectivity index (χ3v) is 6.51. The molecule has 3 aliphatic rings. The zero-order valence-corrected chi connectivity index (χ0v) is 10.3. The summed E-state index contributed by atoms with van der Waals surface area (Å²) >= 11 is 0. The standard InChI is InChI=1S/C11H16O4S/c1-9(2)7-3-4-10(6-16(13,14)15)8(12)5-11(7,9)10/h7H,3-6H2,1-2H3,(H,13,14,15). The zero-order valence-electron chi connectivity index (χ0n) is 9.49. The van der Waals surface area contributed by atoms with Crippen LogP contribution < -0.4 is 0 Å². The smallest absolute Gasteiger partial charge is 0.265 e. The highest BCUT2D eigenvalue weighted by molar-refractivity contribution is 7.85. The van der Waals surface area contributed by atoms with Gasteiger partial charge in [-0.1, -0.05) is 13.8 Å². The Balaban J connectivity index is 2.04. The normalized spacial score (nSPS) is 48.2. The van der Waals surface area contributed by atoms with E-state index < -0.39 is 15.5 Å². The second kappa shape index (κ2) is 2.38. The highest BCUT2D eigenvalue weighted by Crippen LogP contribution is 2.89. The van der Waals surface area contributed by atoms with Gasteiger partial charge in [0.2, 0.25) is 0 Å². The van der Waals surface area contributed by atoms with Gasteiger partial charge < -0.3 is 0 Å². The van der Waals surface area contributed by atoms with E-state index in [9.17, 15) is 13.2 Å². The molecular weight excluding hydrogens is 228 g/mol. The van der Waals surface area contributed by atoms with Crippen LogP contribution in [0.5, 0.6) is 0 Å². The lowest BCUT2D eigenvalue weighted by molar-refractivity contribution is -0.148. The second-order valence-electron chi connectivity index (χ2n) is 6.19. The molecule has 0 radical (unpaired) electrons. The second-order valence-corrected chi connectivity index (χ2v) is 7.65. The Bertz CT molecular complexity index is 492. The molecule has 0 aromatic heterocycles. The van der Waals surface area contributed by atoms with Crippen molar-refractivity contribution in [2.75, 3.05) is 5.75 Å². The lowest BCUT2D eigenvalue weighted by atomic mass is 9.54. The molecule has 5 heteroatoms. The number of carbonyl (C=O) groups is 1. The van der Waals surface area contributed by atoms with E-state index in [2.05, 4.69) is 13.8 Å². The van der Waals surface area contributed by atoms with Gasteiger partial charge in [-0.3, -0.25) is 9.35 Å². The lowest BCUT2D eigenvalue weighted by Crippen LogP contribution is -2.56. The Hall–Kier alpha value is -0.420. The Labute approximate surface area is 95.2 Å². The first-order chi connectivity index (χ1) is 7.17. The van der Waals surface area contributed by atoms with Crippen molar-refractivity contribution in [3.8, 4) is 0 Å². The minimum Gasteiger partial charge on any atom is -0.299 e. The zero-order chi connectivity index (χ0) is 12.0. The largest absolute Gasteiger partial charge is 0.299 e. The van der Waals surface area contributed by atoms with E-state index in [4.69, 9.17) is 4.55 Å². The first kappa shape index (κ1) is 10.7. The molecule has 4 nitrogen and oxygen atoms in total. The lowest BCUT2D eigenvalue weighted by Gasteiger charge is -2.48. The molecular formula is C11H16O4S. The van der Waals surface area contributed by atoms with Crippen molar-refractivity contribution < 1.29 is 17.8 Å². The first-order valence-corrected chi connectivity index (χ1v) is 7.27. The van der Waals surface area contributed by atoms with E-state index in [1.807, 2.05) is 0 Å². The quantitative estimate of drug-likeness (QED) is 0.742. The van der Waals surface area contributed by atoms with Gasteiger partial charge in [0.15, 0.2) is 0 Å². The van der Waals surface area contributed by atoms with E-state index in [0.717, 1.165) is 6.42 Å². The summed E-state index contributed by atoms with van der Waals surface area (Å²) in [6.45, 7) is 4.23. The number of ketones is 1. The topological polar surface area (TPSA) is 71.4 Å². The number of hydrogen-bond donors (Lipinski definition) is 1. The molecule has 3 unspecified atom stereocenters. The van der Waals surface area contributed by atoms with Crippen molar-refractivity contribution in [1.29, 1.82) is 0 Å². The van der Waals surface area contributed by atoms with Crippen LogP contribution in [0.4, 0.5) is 0 Å². The third kappa shape index (κ3) is 0.840. The van der Waals surface area contributed by atoms with Gasteiger partial charge in [0.05, 0.1) is 11.2 Å². The van der Waals surface area contributed by atoms with E-state index in [1.165, 1.54) is 0 Å². The van der Waals surface area contributed by atoms with Crippen LogP contribution >= 0.6 is 0 Å². The van der Waals surface area contributed by atoms with Crippen LogP contribution in [-0.2, 0) is 14.9 Å². The molecule has 3 atom stereocenters. The predicted molar refractivity (Wildman–Crippen MR) is 57.4 cm³/mol. The van der Waals surface area contributed by atoms with Crippen LogP contribution in [0.3, 0.4) is 0 Å². The van der Waals surface area contributed by atoms with E-state index >= 15 is 0 Å². The molecule has 3 aliphatic carbocycles. The Morgan fingerprint density at radius 2 is 2.06 bits per heavy atom. The molecule has 3 fully saturated rings. The first-order valence-electron chi connectivity index (χ1n) is 5.66. The maximum Gasteiger partial charge on any atom is 0.265 e. The minimum atomic E-state index is -4.06. The maximum atomic E-state index is 11.9. The van der Waals surface area contributed by atoms with Crippen LogP contribution in [0.2, 0.25) is 0 Å². The van der Waals surface area contributed by atoms with Crippen LogP contribution in [-0.4, -0.2) is 24.5 Å². The molecule has 0 aliphatic heterocycles. The van der Waals surface area contributed by atoms with Crippen molar-refractivity contribution in [3.05, 3.63) is 0 Å². The minimum absolute atomic E-state index is 0.0400. The van der Waals surface area contributed by atoms with Crippen LogP contribution in [0.15, 0.2) is 0 Å². The molecule has 16 heavy (non-hydrogen) atoms. The third-order valence-electron chi connectivity index (χ3n) is 5.65. The predicted octanol–water partition coefficient (Wildman–Crippen LogP) is 1.27. The maximum absolute atomic E-state index is 11.9. The fourth-order valence-electron chi connectivity index (χ4n) is 4.95. The molecule has 3 saturated carbocycles. The van der Waals surface area contributed by atoms with Gasteiger partial charge in [-0.15, -0.1) is 0 Å². The van der Waals surface area contributed by atoms with Gasteiger partial charge >= 0.3 is 0 Å². The van der Waals surface area contributed by atoms with E-state index in [1.54, 1.807) is 0 Å². The summed E-state index contributed by atoms with van der Waals surface area (Å²) in [5.74, 6) is 0.149. The van der Waals surface area contributed by atoms with Crippen molar-refractivity contribution >= 4 is 15.9 Å². The van der Waals surface area contributed by atoms with Gasteiger partial charge in [-0.05, 0) is 29.6 Å². The molecule has 90 valence electrons. The van der Waals surface area contributed by atoms with Crippen LogP contribution in [0.1, 0.15) is 33.1 Å². The molecule has 3 rings (SSSR count). The molecule has 0 heterocycles. The molecule has 0 saturated heterocycles. The van der Waals surface area contributed by atoms with E-state index in [-0.39, 0.29) is 22.4 Å². The number of hydrogen-bond acceptors (Lipinski definition) is 3. The molecule has 0 aromatic rings. The van der Waals surface area contributed by atoms with Gasteiger partial charge in [-0.2, -0.15) is 8.42 Å². The van der Waals surface area contributed by atoms with Crippen LogP contribution in [0.25, 0.3) is 0 Å². The summed E-state index contributed by atoms with van der Waals surface area (Å²) in [6.07, 6.45) is 2.08. The highest BCUT2D eigenvalue weighted by Gasteiger charge is 2.89. The molecule has 0 aromatic carbocycles. The Morgan fingerprint density at radius 3 is 2.50 bits per heavy atom. The summed E-state index contributed by atoms with van der Waals surface area (Å²) in [7, 11) is -4.06. The van der Waals surface area contributed by atoms with Crippen molar-refractivity contribution in [2.24, 2.45) is 22.2 Å². The Morgan fingerprint density at radius 1 is 1.44 bits per heavy atom. The van der Waals surface area contributed by atoms with Gasteiger partial charge in [0.25, 0.3) is 10.1 Å². The van der Waals surface area contributed by atoms with Gasteiger partial charge in [-0.25, -0.2) is 0 Å². The molecule has 0 amide bonds. The molecule has 0 bridgehead atoms. The summed E-state index contributed by atoms with van der Waals surface area (Å²) in [5, 5.41) is 0. The van der Waals surface area contributed by atoms with Gasteiger partial charge in [0, 0.05) is 6.42 Å². The van der Waals surface area contributed by atoms with Gasteiger partial charge in [0.1, 0.15) is 5.78 Å². The highest BCUT2D eigenvalue weighted by atomic mass is 32.2. The summed E-state index contributed by atoms with van der Waals surface area (Å²) in [5.41, 5.74) is -0.800. The van der Waals surface area contributed by atoms with Crippen LogP contribution in [0, 0.1) is 22.2 Å². The Kier molecular flexibility index (Phi) is 1.60. The molecule has 1 spiro atoms. The average molecular weight is 244 g/mol. The average Bonchev–Trinajstić information content (AvgIpc) is 2.46. The summed E-state index contributed by atoms with van der Waals surface area (Å²) in [6, 6.07) is 0. The monoisotopic (exact) mass is 244 g/mol. The SMILES string of the molecule is CC1(C)C2CCC3(CS(=O)(=O)O)C(=O)CC231. The number of carbonyl (C=O) groups excluding carboxylic acids is 1. The number of Topliss-reactive ketones (excluding diaryl/α,β-unsaturated/α-hetero) is 1. The number of rotatable bonds is 2. The molecule has 1 N–H and O–H groups in total. The van der Waals surface area contributed by atoms with Crippen molar-refractivity contribution in [2.45, 2.75) is 33.1 Å². The van der Waals surface area contributed by atoms with E-state index in [0.29, 0.717) is 18.8 Å². The van der Waals surface area contributed by atoms with Crippen molar-refractivity contribution in [1.82, 2.24) is 0 Å².